The highest BCUT2D eigenvalue weighted by Gasteiger charge is 2.43. The number of hydrogen-bond acceptors (Lipinski definition) is 4. The summed E-state index contributed by atoms with van der Waals surface area (Å²) in [7, 11) is 0. The summed E-state index contributed by atoms with van der Waals surface area (Å²) in [5.41, 5.74) is 0.739. The van der Waals surface area contributed by atoms with Gasteiger partial charge >= 0.3 is 0 Å². The Labute approximate surface area is 149 Å². The van der Waals surface area contributed by atoms with Crippen LogP contribution in [0.15, 0.2) is 24.3 Å². The summed E-state index contributed by atoms with van der Waals surface area (Å²) in [6.45, 7) is 10.9. The zero-order chi connectivity index (χ0) is 18.6. The fraction of sp³-hybridized carbons (Fsp3) is 0.526. The molecule has 1 aliphatic rings. The third-order valence-electron chi connectivity index (χ3n) is 4.63. The van der Waals surface area contributed by atoms with Gasteiger partial charge in [-0.2, -0.15) is 0 Å². The van der Waals surface area contributed by atoms with Crippen LogP contribution >= 0.6 is 0 Å². The number of carbonyl (C=O) groups excluding carboxylic acids is 3. The van der Waals surface area contributed by atoms with Crippen molar-refractivity contribution < 1.29 is 14.4 Å². The van der Waals surface area contributed by atoms with Crippen molar-refractivity contribution in [3.63, 3.8) is 0 Å². The van der Waals surface area contributed by atoms with Crippen molar-refractivity contribution >= 4 is 17.7 Å². The first kappa shape index (κ1) is 19.1. The second-order valence-corrected chi connectivity index (χ2v) is 6.53. The van der Waals surface area contributed by atoms with Crippen LogP contribution in [0.2, 0.25) is 0 Å². The molecule has 1 atom stereocenters. The molecule has 1 aromatic rings. The van der Waals surface area contributed by atoms with Crippen LogP contribution in [0.3, 0.4) is 0 Å². The smallest absolute Gasteiger partial charge is 0.262 e. The lowest BCUT2D eigenvalue weighted by Gasteiger charge is -2.28. The van der Waals surface area contributed by atoms with Crippen molar-refractivity contribution in [2.45, 2.75) is 33.7 Å². The molecule has 136 valence electrons. The summed E-state index contributed by atoms with van der Waals surface area (Å²) < 4.78 is 0. The molecule has 0 aliphatic carbocycles. The molecule has 3 amide bonds. The maximum absolute atomic E-state index is 12.7. The average molecular weight is 345 g/mol. The number of benzene rings is 1. The quantitative estimate of drug-likeness (QED) is 0.729. The Balaban J connectivity index is 2.12. The largest absolute Gasteiger partial charge is 0.353 e. The van der Waals surface area contributed by atoms with E-state index in [9.17, 15) is 14.4 Å². The third-order valence-corrected chi connectivity index (χ3v) is 4.63. The topological polar surface area (TPSA) is 69.7 Å². The minimum Gasteiger partial charge on any atom is -0.353 e. The van der Waals surface area contributed by atoms with Crippen molar-refractivity contribution in [1.82, 2.24) is 15.1 Å². The maximum atomic E-state index is 12.7. The lowest BCUT2D eigenvalue weighted by molar-refractivity contribution is -0.126. The average Bonchev–Trinajstić information content (AvgIpc) is 2.84. The Bertz CT molecular complexity index is 618. The van der Waals surface area contributed by atoms with Gasteiger partial charge in [-0.3, -0.25) is 19.3 Å². The van der Waals surface area contributed by atoms with Crippen LogP contribution in [0.1, 0.15) is 48.4 Å². The lowest BCUT2D eigenvalue weighted by Crippen LogP contribution is -2.53. The van der Waals surface area contributed by atoms with E-state index in [1.165, 1.54) is 0 Å². The van der Waals surface area contributed by atoms with Crippen molar-refractivity contribution in [2.75, 3.05) is 26.2 Å². The van der Waals surface area contributed by atoms with E-state index in [4.69, 9.17) is 0 Å². The van der Waals surface area contributed by atoms with Crippen molar-refractivity contribution in [3.05, 3.63) is 35.4 Å². The summed E-state index contributed by atoms with van der Waals surface area (Å²) in [5, 5.41) is 2.88. The van der Waals surface area contributed by atoms with Crippen LogP contribution in [-0.4, -0.2) is 59.7 Å². The fourth-order valence-corrected chi connectivity index (χ4v) is 3.16. The predicted molar refractivity (Wildman–Crippen MR) is 96.4 cm³/mol. The van der Waals surface area contributed by atoms with Crippen LogP contribution in [0.25, 0.3) is 0 Å². The molecule has 6 heteroatoms. The summed E-state index contributed by atoms with van der Waals surface area (Å²) >= 11 is 0. The summed E-state index contributed by atoms with van der Waals surface area (Å²) in [6.07, 6.45) is 0. The van der Waals surface area contributed by atoms with E-state index in [2.05, 4.69) is 24.1 Å². The molecule has 0 aromatic heterocycles. The first-order chi connectivity index (χ1) is 11.9. The Morgan fingerprint density at radius 2 is 1.60 bits per heavy atom. The number of hydrogen-bond donors (Lipinski definition) is 1. The Hall–Kier alpha value is -2.21. The number of carbonyl (C=O) groups is 3. The Morgan fingerprint density at radius 3 is 2.04 bits per heavy atom. The van der Waals surface area contributed by atoms with Crippen LogP contribution in [0.5, 0.6) is 0 Å². The number of amides is 3. The van der Waals surface area contributed by atoms with Gasteiger partial charge < -0.3 is 10.2 Å². The number of fused-ring (bicyclic) bond motifs is 1. The van der Waals surface area contributed by atoms with Gasteiger partial charge in [0.2, 0.25) is 5.91 Å². The van der Waals surface area contributed by atoms with Gasteiger partial charge in [-0.05, 0) is 31.1 Å². The van der Waals surface area contributed by atoms with E-state index in [-0.39, 0.29) is 11.8 Å². The molecule has 6 nitrogen and oxygen atoms in total. The highest BCUT2D eigenvalue weighted by molar-refractivity contribution is 6.22. The first-order valence-electron chi connectivity index (χ1n) is 8.89. The normalized spacial score (nSPS) is 15.0. The maximum Gasteiger partial charge on any atom is 0.262 e. The van der Waals surface area contributed by atoms with Gasteiger partial charge in [0, 0.05) is 13.1 Å². The van der Waals surface area contributed by atoms with Gasteiger partial charge in [0.05, 0.1) is 11.1 Å². The molecule has 0 saturated carbocycles. The second kappa shape index (κ2) is 8.25. The van der Waals surface area contributed by atoms with E-state index < -0.39 is 17.9 Å². The molecule has 1 aromatic carbocycles. The van der Waals surface area contributed by atoms with Gasteiger partial charge in [0.25, 0.3) is 11.8 Å². The summed E-state index contributed by atoms with van der Waals surface area (Å²) in [6, 6.07) is 5.91. The SMILES string of the molecule is CCN(CC)CCNC(=O)C(C(C)C)N1C(=O)c2ccccc2C1=O. The van der Waals surface area contributed by atoms with Crippen molar-refractivity contribution in [3.8, 4) is 0 Å². The zero-order valence-electron chi connectivity index (χ0n) is 15.4. The predicted octanol–water partition coefficient (Wildman–Crippen LogP) is 1.77. The molecule has 1 aliphatic heterocycles. The van der Waals surface area contributed by atoms with E-state index in [1.807, 2.05) is 13.8 Å². The number of nitrogens with one attached hydrogen (secondary N) is 1. The summed E-state index contributed by atoms with van der Waals surface area (Å²) in [4.78, 5) is 41.3. The number of nitrogens with zero attached hydrogens (tertiary/aromatic N) is 2. The van der Waals surface area contributed by atoms with Crippen molar-refractivity contribution in [1.29, 1.82) is 0 Å². The molecule has 1 heterocycles. The number of imide groups is 1. The number of likely N-dealkylation sites (N-methyl/N-ethyl adjacent to an activating group) is 1. The molecule has 2 rings (SSSR count). The second-order valence-electron chi connectivity index (χ2n) is 6.53. The van der Waals surface area contributed by atoms with Gasteiger partial charge in [-0.15, -0.1) is 0 Å². The van der Waals surface area contributed by atoms with Gasteiger partial charge in [0.1, 0.15) is 6.04 Å². The van der Waals surface area contributed by atoms with Gasteiger partial charge in [-0.25, -0.2) is 0 Å². The molecule has 0 saturated heterocycles. The van der Waals surface area contributed by atoms with E-state index >= 15 is 0 Å². The minimum absolute atomic E-state index is 0.171. The first-order valence-corrected chi connectivity index (χ1v) is 8.89. The van der Waals surface area contributed by atoms with Crippen LogP contribution in [-0.2, 0) is 4.79 Å². The molecule has 0 bridgehead atoms. The van der Waals surface area contributed by atoms with E-state index in [1.54, 1.807) is 24.3 Å². The molecular formula is C19H27N3O3. The summed E-state index contributed by atoms with van der Waals surface area (Å²) in [5.74, 6) is -1.23. The molecule has 0 fully saturated rings. The van der Waals surface area contributed by atoms with Crippen LogP contribution < -0.4 is 5.32 Å². The molecule has 25 heavy (non-hydrogen) atoms. The molecular weight excluding hydrogens is 318 g/mol. The molecule has 1 N–H and O–H groups in total. The Morgan fingerprint density at radius 1 is 1.08 bits per heavy atom. The van der Waals surface area contributed by atoms with Crippen molar-refractivity contribution in [2.24, 2.45) is 5.92 Å². The van der Waals surface area contributed by atoms with Gasteiger partial charge in [0.15, 0.2) is 0 Å². The van der Waals surface area contributed by atoms with Crippen LogP contribution in [0.4, 0.5) is 0 Å². The number of rotatable bonds is 8. The lowest BCUT2D eigenvalue weighted by atomic mass is 10.0. The molecule has 0 radical (unpaired) electrons. The Kier molecular flexibility index (Phi) is 6.31. The monoisotopic (exact) mass is 345 g/mol. The van der Waals surface area contributed by atoms with Gasteiger partial charge in [-0.1, -0.05) is 39.8 Å². The highest BCUT2D eigenvalue weighted by Crippen LogP contribution is 2.27. The van der Waals surface area contributed by atoms with Crippen LogP contribution in [0, 0.1) is 5.92 Å². The molecule has 0 spiro atoms. The highest BCUT2D eigenvalue weighted by atomic mass is 16.2. The van der Waals surface area contributed by atoms with E-state index in [0.717, 1.165) is 24.5 Å². The minimum atomic E-state index is -0.802. The molecule has 1 unspecified atom stereocenters. The third kappa shape index (κ3) is 3.90. The standard InChI is InChI=1S/C19H27N3O3/c1-5-21(6-2)12-11-20-17(23)16(13(3)4)22-18(24)14-9-7-8-10-15(14)19(22)25/h7-10,13,16H,5-6,11-12H2,1-4H3,(H,20,23). The van der Waals surface area contributed by atoms with E-state index in [0.29, 0.717) is 17.7 Å². The zero-order valence-corrected chi connectivity index (χ0v) is 15.4. The fourth-order valence-electron chi connectivity index (χ4n) is 3.16.